The summed E-state index contributed by atoms with van der Waals surface area (Å²) in [4.78, 5) is 18.0. The van der Waals surface area contributed by atoms with Gasteiger partial charge in [-0.15, -0.1) is 0 Å². The highest BCUT2D eigenvalue weighted by atomic mass is 19.4. The predicted molar refractivity (Wildman–Crippen MR) is 121 cm³/mol. The summed E-state index contributed by atoms with van der Waals surface area (Å²) in [5.41, 5.74) is -0.827. The number of benzene rings is 1. The van der Waals surface area contributed by atoms with Crippen LogP contribution >= 0.6 is 0 Å². The molecule has 3 rings (SSSR count). The Labute approximate surface area is 197 Å². The summed E-state index contributed by atoms with van der Waals surface area (Å²) in [6.45, 7) is 4.33. The number of carbonyl (C=O) groups is 1. The molecule has 1 aliphatic heterocycles. The quantitative estimate of drug-likeness (QED) is 0.531. The lowest BCUT2D eigenvalue weighted by molar-refractivity contribution is -0.138. The number of pyridine rings is 1. The fourth-order valence-electron chi connectivity index (χ4n) is 3.97. The Kier molecular flexibility index (Phi) is 8.60. The zero-order chi connectivity index (χ0) is 24.7. The zero-order valence-electron chi connectivity index (χ0n) is 19.6. The first-order valence-electron chi connectivity index (χ1n) is 11.2. The summed E-state index contributed by atoms with van der Waals surface area (Å²) in [6.07, 6.45) is -1.47. The number of methoxy groups -OCH3 is 2. The second kappa shape index (κ2) is 11.4. The van der Waals surface area contributed by atoms with Crippen molar-refractivity contribution in [2.75, 3.05) is 38.8 Å². The topological polar surface area (TPSA) is 72.9 Å². The number of anilines is 1. The van der Waals surface area contributed by atoms with Gasteiger partial charge < -0.3 is 24.4 Å². The maximum Gasteiger partial charge on any atom is 0.417 e. The Hall–Kier alpha value is -3.01. The van der Waals surface area contributed by atoms with Gasteiger partial charge in [0.1, 0.15) is 5.82 Å². The van der Waals surface area contributed by atoms with Crippen molar-refractivity contribution in [1.82, 2.24) is 10.3 Å². The van der Waals surface area contributed by atoms with Crippen LogP contribution in [0, 0.1) is 0 Å². The van der Waals surface area contributed by atoms with E-state index in [-0.39, 0.29) is 11.9 Å². The Morgan fingerprint density at radius 2 is 1.91 bits per heavy atom. The number of alkyl halides is 3. The Balaban J connectivity index is 2.01. The van der Waals surface area contributed by atoms with Crippen LogP contribution in [0.1, 0.15) is 47.7 Å². The summed E-state index contributed by atoms with van der Waals surface area (Å²) in [5, 5.41) is 3.27. The SMILES string of the molecule is CCCOc1cc(CN(c2cc(C(F)(F)F)c(C(=O)OC)cn2)C2CCNCC2)ccc1OC. The van der Waals surface area contributed by atoms with E-state index in [9.17, 15) is 18.0 Å². The fraction of sp³-hybridized carbons (Fsp3) is 0.500. The summed E-state index contributed by atoms with van der Waals surface area (Å²) >= 11 is 0. The molecule has 0 spiro atoms. The third-order valence-electron chi connectivity index (χ3n) is 5.69. The molecule has 0 amide bonds. The van der Waals surface area contributed by atoms with Crippen molar-refractivity contribution in [2.45, 2.75) is 44.9 Å². The van der Waals surface area contributed by atoms with Crippen molar-refractivity contribution in [1.29, 1.82) is 0 Å². The number of hydrogen-bond donors (Lipinski definition) is 1. The second-order valence-corrected chi connectivity index (χ2v) is 8.02. The van der Waals surface area contributed by atoms with Gasteiger partial charge in [-0.25, -0.2) is 9.78 Å². The number of carbonyl (C=O) groups excluding carboxylic acids is 1. The van der Waals surface area contributed by atoms with E-state index in [1.807, 2.05) is 24.0 Å². The van der Waals surface area contributed by atoms with Gasteiger partial charge in [-0.3, -0.25) is 0 Å². The lowest BCUT2D eigenvalue weighted by Crippen LogP contribution is -2.43. The van der Waals surface area contributed by atoms with Gasteiger partial charge >= 0.3 is 12.1 Å². The van der Waals surface area contributed by atoms with Crippen molar-refractivity contribution in [2.24, 2.45) is 0 Å². The van der Waals surface area contributed by atoms with Crippen LogP contribution in [-0.4, -0.2) is 50.9 Å². The number of esters is 1. The summed E-state index contributed by atoms with van der Waals surface area (Å²) < 4.78 is 57.2. The molecular weight excluding hydrogens is 451 g/mol. The van der Waals surface area contributed by atoms with Crippen molar-refractivity contribution in [3.63, 3.8) is 0 Å². The van der Waals surface area contributed by atoms with Crippen LogP contribution in [-0.2, 0) is 17.5 Å². The van der Waals surface area contributed by atoms with Gasteiger partial charge in [0.15, 0.2) is 11.5 Å². The molecule has 0 aliphatic carbocycles. The van der Waals surface area contributed by atoms with E-state index in [4.69, 9.17) is 9.47 Å². The van der Waals surface area contributed by atoms with Gasteiger partial charge in [-0.2, -0.15) is 13.2 Å². The fourth-order valence-corrected chi connectivity index (χ4v) is 3.97. The van der Waals surface area contributed by atoms with E-state index < -0.39 is 23.3 Å². The molecule has 0 bridgehead atoms. The van der Waals surface area contributed by atoms with Crippen LogP contribution in [0.5, 0.6) is 11.5 Å². The first kappa shape index (κ1) is 25.6. The average molecular weight is 482 g/mol. The first-order chi connectivity index (χ1) is 16.3. The van der Waals surface area contributed by atoms with Crippen LogP contribution in [0.4, 0.5) is 19.0 Å². The van der Waals surface area contributed by atoms with Crippen molar-refractivity contribution < 1.29 is 32.2 Å². The van der Waals surface area contributed by atoms with E-state index in [1.165, 1.54) is 0 Å². The number of nitrogens with one attached hydrogen (secondary N) is 1. The lowest BCUT2D eigenvalue weighted by atomic mass is 10.0. The van der Waals surface area contributed by atoms with Crippen molar-refractivity contribution >= 4 is 11.8 Å². The largest absolute Gasteiger partial charge is 0.493 e. The number of nitrogens with zero attached hydrogens (tertiary/aromatic N) is 2. The smallest absolute Gasteiger partial charge is 0.417 e. The molecule has 7 nitrogen and oxygen atoms in total. The maximum absolute atomic E-state index is 13.8. The van der Waals surface area contributed by atoms with E-state index in [0.717, 1.165) is 57.3 Å². The van der Waals surface area contributed by atoms with E-state index in [2.05, 4.69) is 15.0 Å². The van der Waals surface area contributed by atoms with E-state index >= 15 is 0 Å². The molecule has 1 aromatic heterocycles. The number of rotatable bonds is 9. The van der Waals surface area contributed by atoms with Gasteiger partial charge in [0.05, 0.1) is 32.0 Å². The van der Waals surface area contributed by atoms with Crippen molar-refractivity contribution in [3.05, 3.63) is 47.2 Å². The molecule has 186 valence electrons. The number of hydrogen-bond acceptors (Lipinski definition) is 7. The number of ether oxygens (including phenoxy) is 3. The molecule has 2 heterocycles. The maximum atomic E-state index is 13.8. The van der Waals surface area contributed by atoms with Crippen molar-refractivity contribution in [3.8, 4) is 11.5 Å². The third kappa shape index (κ3) is 6.11. The summed E-state index contributed by atoms with van der Waals surface area (Å²) in [6, 6.07) is 6.40. The highest BCUT2D eigenvalue weighted by Gasteiger charge is 2.37. The normalized spacial score (nSPS) is 14.5. The highest BCUT2D eigenvalue weighted by Crippen LogP contribution is 2.36. The van der Waals surface area contributed by atoms with Gasteiger partial charge in [0.25, 0.3) is 0 Å². The minimum atomic E-state index is -4.73. The third-order valence-corrected chi connectivity index (χ3v) is 5.69. The molecule has 10 heteroatoms. The van der Waals surface area contributed by atoms with Gasteiger partial charge in [-0.1, -0.05) is 13.0 Å². The first-order valence-corrected chi connectivity index (χ1v) is 11.2. The minimum absolute atomic E-state index is 0.0269. The molecule has 0 unspecified atom stereocenters. The summed E-state index contributed by atoms with van der Waals surface area (Å²) in [5.74, 6) is 0.244. The molecule has 1 N–H and O–H groups in total. The molecule has 1 saturated heterocycles. The van der Waals surface area contributed by atoms with Crippen LogP contribution < -0.4 is 19.7 Å². The lowest BCUT2D eigenvalue weighted by Gasteiger charge is -2.36. The Morgan fingerprint density at radius 1 is 1.18 bits per heavy atom. The van der Waals surface area contributed by atoms with Gasteiger partial charge in [-0.05, 0) is 56.1 Å². The van der Waals surface area contributed by atoms with Crippen LogP contribution in [0.3, 0.4) is 0 Å². The molecule has 0 atom stereocenters. The zero-order valence-corrected chi connectivity index (χ0v) is 19.6. The molecule has 0 saturated carbocycles. The average Bonchev–Trinajstić information content (AvgIpc) is 2.85. The molecule has 0 radical (unpaired) electrons. The standard InChI is InChI=1S/C24H30F3N3O4/c1-4-11-34-21-12-16(5-6-20(21)32-2)15-30(17-7-9-28-10-8-17)22-13-19(24(25,26)27)18(14-29-22)23(31)33-3/h5-6,12-14,17,28H,4,7-11,15H2,1-3H3. The van der Waals surface area contributed by atoms with E-state index in [0.29, 0.717) is 24.7 Å². The molecular formula is C24H30F3N3O4. The van der Waals surface area contributed by atoms with Crippen LogP contribution in [0.2, 0.25) is 0 Å². The summed E-state index contributed by atoms with van der Waals surface area (Å²) in [7, 11) is 2.60. The Bertz CT molecular complexity index is 978. The Morgan fingerprint density at radius 3 is 2.53 bits per heavy atom. The molecule has 1 aliphatic rings. The van der Waals surface area contributed by atoms with Gasteiger partial charge in [0, 0.05) is 18.8 Å². The van der Waals surface area contributed by atoms with Crippen LogP contribution in [0.25, 0.3) is 0 Å². The molecule has 1 aromatic carbocycles. The number of piperidine rings is 1. The monoisotopic (exact) mass is 481 g/mol. The van der Waals surface area contributed by atoms with Crippen LogP contribution in [0.15, 0.2) is 30.5 Å². The number of halogens is 3. The van der Waals surface area contributed by atoms with Gasteiger partial charge in [0.2, 0.25) is 0 Å². The second-order valence-electron chi connectivity index (χ2n) is 8.02. The minimum Gasteiger partial charge on any atom is -0.493 e. The molecule has 2 aromatic rings. The van der Waals surface area contributed by atoms with E-state index in [1.54, 1.807) is 13.2 Å². The highest BCUT2D eigenvalue weighted by molar-refractivity contribution is 5.91. The predicted octanol–water partition coefficient (Wildman–Crippen LogP) is 4.44. The molecule has 1 fully saturated rings. The molecule has 34 heavy (non-hydrogen) atoms. The number of aromatic nitrogens is 1.